The number of amides is 2. The van der Waals surface area contributed by atoms with Crippen LogP contribution in [0.1, 0.15) is 6.42 Å². The van der Waals surface area contributed by atoms with Crippen molar-refractivity contribution in [3.8, 4) is 11.5 Å². The van der Waals surface area contributed by atoms with E-state index in [2.05, 4.69) is 10.6 Å². The second-order valence-corrected chi connectivity index (χ2v) is 5.00. The minimum Gasteiger partial charge on any atom is -0.497 e. The minimum absolute atomic E-state index is 0.125. The van der Waals surface area contributed by atoms with Crippen molar-refractivity contribution in [3.63, 3.8) is 0 Å². The summed E-state index contributed by atoms with van der Waals surface area (Å²) in [5.74, 6) is 0.917. The van der Waals surface area contributed by atoms with E-state index in [-0.39, 0.29) is 18.4 Å². The molecule has 1 aromatic rings. The molecule has 1 saturated heterocycles. The van der Waals surface area contributed by atoms with Gasteiger partial charge in [-0.1, -0.05) is 0 Å². The van der Waals surface area contributed by atoms with E-state index < -0.39 is 6.04 Å². The molecule has 2 amide bonds. The number of anilines is 1. The first-order valence-corrected chi connectivity index (χ1v) is 7.07. The Morgan fingerprint density at radius 2 is 1.91 bits per heavy atom. The molecule has 1 heterocycles. The van der Waals surface area contributed by atoms with Gasteiger partial charge in [0.15, 0.2) is 0 Å². The second-order valence-electron chi connectivity index (χ2n) is 5.00. The van der Waals surface area contributed by atoms with Crippen molar-refractivity contribution in [2.45, 2.75) is 12.5 Å². The summed E-state index contributed by atoms with van der Waals surface area (Å²) >= 11 is 0. The van der Waals surface area contributed by atoms with Crippen LogP contribution in [0.25, 0.3) is 0 Å². The molecule has 0 radical (unpaired) electrons. The maximum atomic E-state index is 12.5. The summed E-state index contributed by atoms with van der Waals surface area (Å²) in [5.41, 5.74) is 0.701. The summed E-state index contributed by atoms with van der Waals surface area (Å²) in [6.07, 6.45) is 0.577. The maximum Gasteiger partial charge on any atom is 0.249 e. The summed E-state index contributed by atoms with van der Waals surface area (Å²) in [7, 11) is 4.81. The van der Waals surface area contributed by atoms with Gasteiger partial charge in [-0.2, -0.15) is 0 Å². The molecule has 1 fully saturated rings. The van der Waals surface area contributed by atoms with E-state index in [1.165, 1.54) is 0 Å². The van der Waals surface area contributed by atoms with E-state index in [1.807, 2.05) is 0 Å². The van der Waals surface area contributed by atoms with Crippen LogP contribution in [0.5, 0.6) is 11.5 Å². The lowest BCUT2D eigenvalue weighted by molar-refractivity contribution is -0.125. The molecule has 1 aliphatic rings. The predicted octanol–water partition coefficient (Wildman–Crippen LogP) is 0.145. The van der Waals surface area contributed by atoms with Crippen molar-refractivity contribution < 1.29 is 19.1 Å². The van der Waals surface area contributed by atoms with E-state index in [4.69, 9.17) is 9.47 Å². The van der Waals surface area contributed by atoms with Gasteiger partial charge in [-0.25, -0.2) is 0 Å². The molecule has 22 heavy (non-hydrogen) atoms. The first-order chi connectivity index (χ1) is 10.6. The van der Waals surface area contributed by atoms with Gasteiger partial charge in [-0.05, 0) is 13.5 Å². The van der Waals surface area contributed by atoms with Crippen LogP contribution in [-0.2, 0) is 9.59 Å². The lowest BCUT2D eigenvalue weighted by Crippen LogP contribution is -2.44. The quantitative estimate of drug-likeness (QED) is 0.782. The highest BCUT2D eigenvalue weighted by Crippen LogP contribution is 2.30. The lowest BCUT2D eigenvalue weighted by atomic mass is 10.2. The summed E-state index contributed by atoms with van der Waals surface area (Å²) in [6, 6.07) is 4.81. The Bertz CT molecular complexity index is 539. The molecule has 2 N–H and O–H groups in total. The Labute approximate surface area is 129 Å². The van der Waals surface area contributed by atoms with E-state index in [0.29, 0.717) is 30.2 Å². The number of rotatable bonds is 6. The van der Waals surface area contributed by atoms with Crippen molar-refractivity contribution in [2.75, 3.05) is 39.3 Å². The third kappa shape index (κ3) is 3.48. The Kier molecular flexibility index (Phi) is 5.21. The molecule has 1 aromatic carbocycles. The summed E-state index contributed by atoms with van der Waals surface area (Å²) < 4.78 is 10.4. The average molecular weight is 307 g/mol. The number of benzene rings is 1. The zero-order valence-corrected chi connectivity index (χ0v) is 13.0. The summed E-state index contributed by atoms with van der Waals surface area (Å²) in [4.78, 5) is 25.7. The maximum absolute atomic E-state index is 12.5. The monoisotopic (exact) mass is 307 g/mol. The fourth-order valence-corrected chi connectivity index (χ4v) is 2.42. The minimum atomic E-state index is -0.488. The molecular weight excluding hydrogens is 286 g/mol. The van der Waals surface area contributed by atoms with Gasteiger partial charge in [0.05, 0.1) is 26.5 Å². The lowest BCUT2D eigenvalue weighted by Gasteiger charge is -2.19. The SMILES string of the molecule is CNCC(=O)NC1CCN(c2cc(OC)cc(OC)c2)C1=O. The molecule has 7 nitrogen and oxygen atoms in total. The van der Waals surface area contributed by atoms with Crippen LogP contribution in [0.15, 0.2) is 18.2 Å². The van der Waals surface area contributed by atoms with E-state index >= 15 is 0 Å². The molecule has 7 heteroatoms. The first kappa shape index (κ1) is 16.1. The Morgan fingerprint density at radius 1 is 1.27 bits per heavy atom. The van der Waals surface area contributed by atoms with E-state index in [9.17, 15) is 9.59 Å². The van der Waals surface area contributed by atoms with Crippen LogP contribution in [0.2, 0.25) is 0 Å². The molecule has 1 aliphatic heterocycles. The van der Waals surface area contributed by atoms with Crippen LogP contribution in [0.4, 0.5) is 5.69 Å². The van der Waals surface area contributed by atoms with Gasteiger partial charge in [0.1, 0.15) is 17.5 Å². The van der Waals surface area contributed by atoms with Gasteiger partial charge in [0, 0.05) is 24.7 Å². The second kappa shape index (κ2) is 7.13. The molecular formula is C15H21N3O4. The van der Waals surface area contributed by atoms with Gasteiger partial charge < -0.3 is 25.0 Å². The Hall–Kier alpha value is -2.28. The van der Waals surface area contributed by atoms with Gasteiger partial charge >= 0.3 is 0 Å². The number of ether oxygens (including phenoxy) is 2. The molecule has 2 rings (SSSR count). The van der Waals surface area contributed by atoms with Crippen molar-refractivity contribution in [2.24, 2.45) is 0 Å². The highest BCUT2D eigenvalue weighted by atomic mass is 16.5. The molecule has 1 unspecified atom stereocenters. The normalized spacial score (nSPS) is 17.5. The van der Waals surface area contributed by atoms with Gasteiger partial charge in [-0.15, -0.1) is 0 Å². The largest absolute Gasteiger partial charge is 0.497 e. The standard InChI is InChI=1S/C15H21N3O4/c1-16-9-14(19)17-13-4-5-18(15(13)20)10-6-11(21-2)8-12(7-10)22-3/h6-8,13,16H,4-5,9H2,1-3H3,(H,17,19). The van der Waals surface area contributed by atoms with Gasteiger partial charge in [0.2, 0.25) is 11.8 Å². The number of nitrogens with one attached hydrogen (secondary N) is 2. The van der Waals surface area contributed by atoms with Crippen LogP contribution >= 0.6 is 0 Å². The number of nitrogens with zero attached hydrogens (tertiary/aromatic N) is 1. The molecule has 1 atom stereocenters. The van der Waals surface area contributed by atoms with E-state index in [0.717, 1.165) is 0 Å². The van der Waals surface area contributed by atoms with Crippen molar-refractivity contribution in [1.29, 1.82) is 0 Å². The molecule has 0 aliphatic carbocycles. The molecule has 0 spiro atoms. The number of carbonyl (C=O) groups excluding carboxylic acids is 2. The Balaban J connectivity index is 2.14. The van der Waals surface area contributed by atoms with Crippen LogP contribution in [-0.4, -0.2) is 52.2 Å². The van der Waals surface area contributed by atoms with Crippen LogP contribution in [0, 0.1) is 0 Å². The number of likely N-dealkylation sites (N-methyl/N-ethyl adjacent to an activating group) is 1. The van der Waals surface area contributed by atoms with Crippen LogP contribution in [0.3, 0.4) is 0 Å². The fourth-order valence-electron chi connectivity index (χ4n) is 2.42. The number of hydrogen-bond acceptors (Lipinski definition) is 5. The van der Waals surface area contributed by atoms with Crippen LogP contribution < -0.4 is 25.0 Å². The molecule has 0 bridgehead atoms. The summed E-state index contributed by atoms with van der Waals surface area (Å²) in [5, 5.41) is 5.49. The predicted molar refractivity (Wildman–Crippen MR) is 82.4 cm³/mol. The average Bonchev–Trinajstić information content (AvgIpc) is 2.88. The van der Waals surface area contributed by atoms with Crippen molar-refractivity contribution in [3.05, 3.63) is 18.2 Å². The van der Waals surface area contributed by atoms with E-state index in [1.54, 1.807) is 44.4 Å². The number of methoxy groups -OCH3 is 2. The highest BCUT2D eigenvalue weighted by molar-refractivity contribution is 6.01. The third-order valence-corrected chi connectivity index (χ3v) is 3.53. The first-order valence-electron chi connectivity index (χ1n) is 7.07. The smallest absolute Gasteiger partial charge is 0.249 e. The topological polar surface area (TPSA) is 79.9 Å². The molecule has 120 valence electrons. The third-order valence-electron chi connectivity index (χ3n) is 3.53. The van der Waals surface area contributed by atoms with Gasteiger partial charge in [0.25, 0.3) is 0 Å². The molecule has 0 aromatic heterocycles. The zero-order valence-electron chi connectivity index (χ0n) is 13.0. The van der Waals surface area contributed by atoms with Crippen molar-refractivity contribution in [1.82, 2.24) is 10.6 Å². The Morgan fingerprint density at radius 3 is 2.45 bits per heavy atom. The highest BCUT2D eigenvalue weighted by Gasteiger charge is 2.33. The zero-order chi connectivity index (χ0) is 16.1. The molecule has 0 saturated carbocycles. The number of hydrogen-bond donors (Lipinski definition) is 2. The summed E-state index contributed by atoms with van der Waals surface area (Å²) in [6.45, 7) is 0.733. The van der Waals surface area contributed by atoms with Gasteiger partial charge in [-0.3, -0.25) is 9.59 Å². The fraction of sp³-hybridized carbons (Fsp3) is 0.467. The van der Waals surface area contributed by atoms with Crippen molar-refractivity contribution >= 4 is 17.5 Å². The number of carbonyl (C=O) groups is 2.